The molecule has 1 atom stereocenters. The molecule has 1 aromatic carbocycles. The summed E-state index contributed by atoms with van der Waals surface area (Å²) in [4.78, 5) is 22.9. The lowest BCUT2D eigenvalue weighted by Gasteiger charge is -2.14. The molecule has 6 nitrogen and oxygen atoms in total. The van der Waals surface area contributed by atoms with Crippen LogP contribution >= 0.6 is 11.6 Å². The molecule has 0 aromatic heterocycles. The van der Waals surface area contributed by atoms with E-state index in [1.165, 1.54) is 26.2 Å². The molecular formula is C15H20ClNO5. The number of primary amides is 1. The summed E-state index contributed by atoms with van der Waals surface area (Å²) >= 11 is 6.13. The number of unbranched alkanes of at least 4 members (excludes halogenated alkanes) is 1. The molecule has 0 heterocycles. The first-order valence-corrected chi connectivity index (χ1v) is 7.29. The van der Waals surface area contributed by atoms with Crippen LogP contribution in [-0.2, 0) is 9.53 Å². The molecule has 0 spiro atoms. The fraction of sp³-hybridized carbons (Fsp3) is 0.467. The van der Waals surface area contributed by atoms with Crippen molar-refractivity contribution in [1.29, 1.82) is 0 Å². The fourth-order valence-corrected chi connectivity index (χ4v) is 1.85. The summed E-state index contributed by atoms with van der Waals surface area (Å²) in [7, 11) is 1.44. The van der Waals surface area contributed by atoms with E-state index < -0.39 is 18.0 Å². The van der Waals surface area contributed by atoms with Crippen molar-refractivity contribution in [3.63, 3.8) is 0 Å². The van der Waals surface area contributed by atoms with Gasteiger partial charge < -0.3 is 19.9 Å². The van der Waals surface area contributed by atoms with E-state index in [9.17, 15) is 9.59 Å². The SMILES string of the molecule is CCCCOc1c(Cl)cc(C(=O)O[C@H](C)C(N)=O)cc1OC. The first kappa shape index (κ1) is 18.1. The molecule has 122 valence electrons. The molecule has 0 aliphatic rings. The van der Waals surface area contributed by atoms with E-state index in [-0.39, 0.29) is 10.6 Å². The van der Waals surface area contributed by atoms with Crippen LogP contribution < -0.4 is 15.2 Å². The van der Waals surface area contributed by atoms with Gasteiger partial charge in [-0.25, -0.2) is 4.79 Å². The van der Waals surface area contributed by atoms with Crippen molar-refractivity contribution in [3.05, 3.63) is 22.7 Å². The standard InChI is InChI=1S/C15H20ClNO5/c1-4-5-6-21-13-11(16)7-10(8-12(13)20-3)15(19)22-9(2)14(17)18/h7-9H,4-6H2,1-3H3,(H2,17,18)/t9-/m1/s1. The van der Waals surface area contributed by atoms with Gasteiger partial charge in [-0.15, -0.1) is 0 Å². The zero-order valence-electron chi connectivity index (χ0n) is 12.8. The van der Waals surface area contributed by atoms with E-state index in [0.29, 0.717) is 18.1 Å². The first-order valence-electron chi connectivity index (χ1n) is 6.91. The van der Waals surface area contributed by atoms with E-state index in [2.05, 4.69) is 0 Å². The summed E-state index contributed by atoms with van der Waals surface area (Å²) in [6.07, 6.45) is 0.826. The van der Waals surface area contributed by atoms with E-state index >= 15 is 0 Å². The number of methoxy groups -OCH3 is 1. The van der Waals surface area contributed by atoms with Crippen LogP contribution in [0.15, 0.2) is 12.1 Å². The van der Waals surface area contributed by atoms with Crippen LogP contribution in [0.1, 0.15) is 37.0 Å². The Morgan fingerprint density at radius 2 is 2.05 bits per heavy atom. The highest BCUT2D eigenvalue weighted by atomic mass is 35.5. The zero-order valence-corrected chi connectivity index (χ0v) is 13.6. The Labute approximate surface area is 134 Å². The number of esters is 1. The molecule has 1 rings (SSSR count). The lowest BCUT2D eigenvalue weighted by molar-refractivity contribution is -0.125. The highest BCUT2D eigenvalue weighted by Crippen LogP contribution is 2.36. The molecule has 0 fully saturated rings. The Morgan fingerprint density at radius 1 is 1.36 bits per heavy atom. The second-order valence-electron chi connectivity index (χ2n) is 4.64. The zero-order chi connectivity index (χ0) is 16.7. The molecule has 1 aromatic rings. The number of amides is 1. The van der Waals surface area contributed by atoms with Gasteiger partial charge >= 0.3 is 5.97 Å². The van der Waals surface area contributed by atoms with Gasteiger partial charge in [-0.3, -0.25) is 4.79 Å². The topological polar surface area (TPSA) is 87.9 Å². The van der Waals surface area contributed by atoms with E-state index in [1.54, 1.807) is 0 Å². The quantitative estimate of drug-likeness (QED) is 0.585. The van der Waals surface area contributed by atoms with Crippen LogP contribution in [0.3, 0.4) is 0 Å². The van der Waals surface area contributed by atoms with Crippen LogP contribution in [0.4, 0.5) is 0 Å². The molecule has 0 aliphatic heterocycles. The van der Waals surface area contributed by atoms with Crippen molar-refractivity contribution in [1.82, 2.24) is 0 Å². The van der Waals surface area contributed by atoms with Crippen molar-refractivity contribution in [3.8, 4) is 11.5 Å². The average molecular weight is 330 g/mol. The number of ether oxygens (including phenoxy) is 3. The van der Waals surface area contributed by atoms with Gasteiger partial charge in [-0.2, -0.15) is 0 Å². The Balaban J connectivity index is 2.97. The smallest absolute Gasteiger partial charge is 0.339 e. The maximum atomic E-state index is 12.0. The second kappa shape index (κ2) is 8.48. The summed E-state index contributed by atoms with van der Waals surface area (Å²) in [6, 6.07) is 2.85. The molecule has 0 saturated heterocycles. The lowest BCUT2D eigenvalue weighted by atomic mass is 10.2. The van der Waals surface area contributed by atoms with Crippen molar-refractivity contribution in [2.24, 2.45) is 5.73 Å². The number of carbonyl (C=O) groups is 2. The summed E-state index contributed by atoms with van der Waals surface area (Å²) < 4.78 is 15.7. The summed E-state index contributed by atoms with van der Waals surface area (Å²) in [6.45, 7) is 3.93. The Bertz CT molecular complexity index is 547. The highest BCUT2D eigenvalue weighted by molar-refractivity contribution is 6.32. The molecular weight excluding hydrogens is 310 g/mol. The minimum absolute atomic E-state index is 0.151. The predicted octanol–water partition coefficient (Wildman–Crippen LogP) is 2.56. The number of rotatable bonds is 8. The normalized spacial score (nSPS) is 11.6. The number of hydrogen-bond donors (Lipinski definition) is 1. The Kier molecular flexibility index (Phi) is 6.98. The molecule has 1 amide bonds. The Hall–Kier alpha value is -1.95. The minimum atomic E-state index is -1.03. The molecule has 0 unspecified atom stereocenters. The number of carbonyl (C=O) groups excluding carboxylic acids is 2. The van der Waals surface area contributed by atoms with Crippen molar-refractivity contribution < 1.29 is 23.8 Å². The van der Waals surface area contributed by atoms with E-state index in [1.807, 2.05) is 6.92 Å². The average Bonchev–Trinajstić information content (AvgIpc) is 2.48. The number of halogens is 1. The molecule has 0 radical (unpaired) electrons. The molecule has 2 N–H and O–H groups in total. The summed E-state index contributed by atoms with van der Waals surface area (Å²) in [5, 5.41) is 0.231. The number of benzene rings is 1. The van der Waals surface area contributed by atoms with E-state index in [4.69, 9.17) is 31.5 Å². The molecule has 0 aliphatic carbocycles. The Morgan fingerprint density at radius 3 is 2.59 bits per heavy atom. The third kappa shape index (κ3) is 4.80. The van der Waals surface area contributed by atoms with Crippen molar-refractivity contribution >= 4 is 23.5 Å². The largest absolute Gasteiger partial charge is 0.493 e. The van der Waals surface area contributed by atoms with Crippen LogP contribution in [0.25, 0.3) is 0 Å². The van der Waals surface area contributed by atoms with Gasteiger partial charge in [0.1, 0.15) is 0 Å². The summed E-state index contributed by atoms with van der Waals surface area (Å²) in [5.74, 6) is -0.753. The van der Waals surface area contributed by atoms with Crippen LogP contribution in [0.2, 0.25) is 5.02 Å². The maximum Gasteiger partial charge on any atom is 0.339 e. The highest BCUT2D eigenvalue weighted by Gasteiger charge is 2.20. The lowest BCUT2D eigenvalue weighted by Crippen LogP contribution is -2.30. The third-order valence-electron chi connectivity index (χ3n) is 2.89. The maximum absolute atomic E-state index is 12.0. The third-order valence-corrected chi connectivity index (χ3v) is 3.17. The van der Waals surface area contributed by atoms with Gasteiger partial charge in [0.2, 0.25) is 0 Å². The number of hydrogen-bond acceptors (Lipinski definition) is 5. The monoisotopic (exact) mass is 329 g/mol. The summed E-state index contributed by atoms with van der Waals surface area (Å²) in [5.41, 5.74) is 5.20. The molecule has 7 heteroatoms. The second-order valence-corrected chi connectivity index (χ2v) is 5.05. The van der Waals surface area contributed by atoms with Crippen LogP contribution in [0.5, 0.6) is 11.5 Å². The van der Waals surface area contributed by atoms with E-state index in [0.717, 1.165) is 12.8 Å². The van der Waals surface area contributed by atoms with Gasteiger partial charge in [0.25, 0.3) is 5.91 Å². The first-order chi connectivity index (χ1) is 10.4. The van der Waals surface area contributed by atoms with Crippen LogP contribution in [0, 0.1) is 0 Å². The van der Waals surface area contributed by atoms with Crippen LogP contribution in [-0.4, -0.2) is 31.7 Å². The van der Waals surface area contributed by atoms with Gasteiger partial charge in [-0.1, -0.05) is 24.9 Å². The van der Waals surface area contributed by atoms with Gasteiger partial charge in [0, 0.05) is 0 Å². The van der Waals surface area contributed by atoms with Gasteiger partial charge in [0.15, 0.2) is 17.6 Å². The molecule has 0 bridgehead atoms. The number of nitrogens with two attached hydrogens (primary N) is 1. The predicted molar refractivity (Wildman–Crippen MR) is 82.5 cm³/mol. The molecule has 22 heavy (non-hydrogen) atoms. The fourth-order valence-electron chi connectivity index (χ4n) is 1.58. The minimum Gasteiger partial charge on any atom is -0.493 e. The van der Waals surface area contributed by atoms with Gasteiger partial charge in [0.05, 0.1) is 24.3 Å². The van der Waals surface area contributed by atoms with Gasteiger partial charge in [-0.05, 0) is 25.5 Å². The van der Waals surface area contributed by atoms with Crippen molar-refractivity contribution in [2.75, 3.05) is 13.7 Å². The van der Waals surface area contributed by atoms with Crippen molar-refractivity contribution in [2.45, 2.75) is 32.8 Å². The molecule has 0 saturated carbocycles.